The first-order chi connectivity index (χ1) is 10.7. The van der Waals surface area contributed by atoms with E-state index in [0.717, 1.165) is 5.69 Å². The second-order valence-electron chi connectivity index (χ2n) is 4.96. The Bertz CT molecular complexity index is 685. The van der Waals surface area contributed by atoms with Gasteiger partial charge in [-0.15, -0.1) is 0 Å². The van der Waals surface area contributed by atoms with Crippen LogP contribution in [-0.2, 0) is 6.67 Å². The van der Waals surface area contributed by atoms with Gasteiger partial charge in [-0.25, -0.2) is 8.78 Å². The number of nitrogens with zero attached hydrogens (tertiary/aromatic N) is 4. The zero-order valence-corrected chi connectivity index (χ0v) is 11.8. The number of aromatic nitrogens is 1. The van der Waals surface area contributed by atoms with Crippen molar-refractivity contribution >= 4 is 11.6 Å². The van der Waals surface area contributed by atoms with Crippen molar-refractivity contribution in [3.8, 4) is 6.07 Å². The summed E-state index contributed by atoms with van der Waals surface area (Å²) < 4.78 is 30.9. The van der Waals surface area contributed by atoms with Gasteiger partial charge in [0.15, 0.2) is 6.67 Å². The highest BCUT2D eigenvalue weighted by Crippen LogP contribution is 2.25. The molecule has 1 fully saturated rings. The summed E-state index contributed by atoms with van der Waals surface area (Å²) in [6.07, 6.45) is 0. The van der Waals surface area contributed by atoms with Crippen molar-refractivity contribution in [1.82, 2.24) is 4.98 Å². The van der Waals surface area contributed by atoms with E-state index in [2.05, 4.69) is 9.88 Å². The Morgan fingerprint density at radius 1 is 1.14 bits per heavy atom. The van der Waals surface area contributed by atoms with Crippen molar-refractivity contribution in [2.24, 2.45) is 0 Å². The molecule has 1 aliphatic heterocycles. The Hall–Kier alpha value is -2.62. The van der Waals surface area contributed by atoms with Crippen LogP contribution in [0, 0.1) is 17.1 Å². The second-order valence-corrected chi connectivity index (χ2v) is 4.96. The van der Waals surface area contributed by atoms with Gasteiger partial charge < -0.3 is 14.2 Å². The van der Waals surface area contributed by atoms with Gasteiger partial charge in [-0.1, -0.05) is 0 Å². The molecule has 0 radical (unpaired) electrons. The van der Waals surface area contributed by atoms with E-state index in [0.29, 0.717) is 32.1 Å². The maximum Gasteiger partial charge on any atom is 0.234 e. The second kappa shape index (κ2) is 6.02. The Balaban J connectivity index is 1.70. The van der Waals surface area contributed by atoms with E-state index in [1.54, 1.807) is 12.1 Å². The lowest BCUT2D eigenvalue weighted by Crippen LogP contribution is -2.46. The molecule has 0 N–H and O–H groups in total. The molecule has 0 atom stereocenters. The molecule has 1 aromatic carbocycles. The van der Waals surface area contributed by atoms with Gasteiger partial charge in [0.25, 0.3) is 0 Å². The number of hydrogen-bond donors (Lipinski definition) is 0. The Labute approximate surface area is 126 Å². The average molecular weight is 304 g/mol. The molecule has 5 nitrogen and oxygen atoms in total. The third kappa shape index (κ3) is 2.72. The molecule has 3 rings (SSSR count). The summed E-state index contributed by atoms with van der Waals surface area (Å²) in [6, 6.07) is 8.26. The van der Waals surface area contributed by atoms with Gasteiger partial charge in [0.1, 0.15) is 11.9 Å². The summed E-state index contributed by atoms with van der Waals surface area (Å²) in [4.78, 5) is 7.81. The monoisotopic (exact) mass is 304 g/mol. The van der Waals surface area contributed by atoms with Crippen molar-refractivity contribution in [2.75, 3.05) is 36.0 Å². The van der Waals surface area contributed by atoms with Crippen molar-refractivity contribution in [3.63, 3.8) is 0 Å². The number of halogens is 2. The van der Waals surface area contributed by atoms with Gasteiger partial charge in [-0.2, -0.15) is 10.2 Å². The summed E-state index contributed by atoms with van der Waals surface area (Å²) in [6.45, 7) is 1.80. The first-order valence-electron chi connectivity index (χ1n) is 6.92. The van der Waals surface area contributed by atoms with Crippen LogP contribution in [0.4, 0.5) is 20.4 Å². The van der Waals surface area contributed by atoms with Crippen molar-refractivity contribution in [1.29, 1.82) is 5.26 Å². The van der Waals surface area contributed by atoms with Crippen LogP contribution in [0.1, 0.15) is 11.6 Å². The maximum atomic E-state index is 12.9. The zero-order chi connectivity index (χ0) is 15.5. The van der Waals surface area contributed by atoms with E-state index < -0.39 is 6.67 Å². The van der Waals surface area contributed by atoms with Crippen LogP contribution in [0.5, 0.6) is 0 Å². The number of rotatable bonds is 3. The average Bonchev–Trinajstić information content (AvgIpc) is 2.99. The highest BCUT2D eigenvalue weighted by Gasteiger charge is 2.24. The molecule has 1 aromatic heterocycles. The molecule has 0 bridgehead atoms. The number of anilines is 2. The van der Waals surface area contributed by atoms with Crippen LogP contribution in [0.25, 0.3) is 0 Å². The lowest BCUT2D eigenvalue weighted by atomic mass is 10.2. The SMILES string of the molecule is N#Cc1nc(CF)oc1N1CCN(c2ccc(F)cc2)CC1. The van der Waals surface area contributed by atoms with E-state index in [-0.39, 0.29) is 17.4 Å². The predicted molar refractivity (Wildman–Crippen MR) is 76.9 cm³/mol. The molecule has 114 valence electrons. The van der Waals surface area contributed by atoms with E-state index in [9.17, 15) is 8.78 Å². The lowest BCUT2D eigenvalue weighted by Gasteiger charge is -2.35. The Morgan fingerprint density at radius 2 is 1.77 bits per heavy atom. The largest absolute Gasteiger partial charge is 0.421 e. The fraction of sp³-hybridized carbons (Fsp3) is 0.333. The first-order valence-corrected chi connectivity index (χ1v) is 6.92. The highest BCUT2D eigenvalue weighted by molar-refractivity contribution is 5.52. The van der Waals surface area contributed by atoms with Gasteiger partial charge in [0.2, 0.25) is 17.5 Å². The molecule has 0 aliphatic carbocycles. The minimum absolute atomic E-state index is 0.0764. The number of hydrogen-bond acceptors (Lipinski definition) is 5. The highest BCUT2D eigenvalue weighted by atomic mass is 19.1. The lowest BCUT2D eigenvalue weighted by molar-refractivity contribution is 0.378. The molecule has 0 saturated carbocycles. The Kier molecular flexibility index (Phi) is 3.92. The number of alkyl halides is 1. The van der Waals surface area contributed by atoms with Crippen LogP contribution in [0.15, 0.2) is 28.7 Å². The van der Waals surface area contributed by atoms with E-state index in [1.165, 1.54) is 12.1 Å². The fourth-order valence-corrected chi connectivity index (χ4v) is 2.52. The number of oxazole rings is 1. The molecule has 1 aliphatic rings. The van der Waals surface area contributed by atoms with Crippen LogP contribution >= 0.6 is 0 Å². The fourth-order valence-electron chi connectivity index (χ4n) is 2.52. The van der Waals surface area contributed by atoms with Crippen molar-refractivity contribution < 1.29 is 13.2 Å². The van der Waals surface area contributed by atoms with Crippen LogP contribution in [-0.4, -0.2) is 31.2 Å². The number of nitriles is 1. The zero-order valence-electron chi connectivity index (χ0n) is 11.8. The van der Waals surface area contributed by atoms with Gasteiger partial charge in [0, 0.05) is 31.9 Å². The molecular weight excluding hydrogens is 290 g/mol. The molecule has 2 aromatic rings. The van der Waals surface area contributed by atoms with Gasteiger partial charge in [-0.05, 0) is 24.3 Å². The topological polar surface area (TPSA) is 56.3 Å². The summed E-state index contributed by atoms with van der Waals surface area (Å²) in [5.41, 5.74) is 1.06. The standard InChI is InChI=1S/C15H14F2N4O/c16-9-14-19-13(10-18)15(22-14)21-7-5-20(6-8-21)12-3-1-11(17)2-4-12/h1-4H,5-9H2. The first kappa shape index (κ1) is 14.3. The molecular formula is C15H14F2N4O. The third-order valence-electron chi connectivity index (χ3n) is 3.63. The number of benzene rings is 1. The minimum atomic E-state index is -0.829. The number of piperazine rings is 1. The van der Waals surface area contributed by atoms with Crippen molar-refractivity contribution in [2.45, 2.75) is 6.67 Å². The summed E-state index contributed by atoms with van der Waals surface area (Å²) in [5, 5.41) is 9.05. The molecule has 7 heteroatoms. The molecule has 22 heavy (non-hydrogen) atoms. The van der Waals surface area contributed by atoms with E-state index in [1.807, 2.05) is 11.0 Å². The predicted octanol–water partition coefficient (Wildman–Crippen LogP) is 2.48. The van der Waals surface area contributed by atoms with Crippen LogP contribution in [0.3, 0.4) is 0 Å². The van der Waals surface area contributed by atoms with E-state index in [4.69, 9.17) is 9.68 Å². The summed E-state index contributed by atoms with van der Waals surface area (Å²) >= 11 is 0. The molecule has 0 spiro atoms. The van der Waals surface area contributed by atoms with Crippen molar-refractivity contribution in [3.05, 3.63) is 41.7 Å². The molecule has 0 unspecified atom stereocenters. The van der Waals surface area contributed by atoms with Gasteiger partial charge in [-0.3, -0.25) is 0 Å². The van der Waals surface area contributed by atoms with Gasteiger partial charge >= 0.3 is 0 Å². The smallest absolute Gasteiger partial charge is 0.234 e. The quantitative estimate of drug-likeness (QED) is 0.872. The molecule has 0 amide bonds. The summed E-state index contributed by atoms with van der Waals surface area (Å²) in [7, 11) is 0. The minimum Gasteiger partial charge on any atom is -0.421 e. The van der Waals surface area contributed by atoms with E-state index >= 15 is 0 Å². The molecule has 1 saturated heterocycles. The van der Waals surface area contributed by atoms with Crippen LogP contribution in [0.2, 0.25) is 0 Å². The maximum absolute atomic E-state index is 12.9. The summed E-state index contributed by atoms with van der Waals surface area (Å²) in [5.74, 6) is -0.0112. The molecule has 2 heterocycles. The third-order valence-corrected chi connectivity index (χ3v) is 3.63. The van der Waals surface area contributed by atoms with Crippen LogP contribution < -0.4 is 9.80 Å². The van der Waals surface area contributed by atoms with Gasteiger partial charge in [0.05, 0.1) is 0 Å². The Morgan fingerprint density at radius 3 is 2.36 bits per heavy atom. The normalized spacial score (nSPS) is 15.0.